The van der Waals surface area contributed by atoms with Crippen molar-refractivity contribution in [1.82, 2.24) is 4.90 Å². The lowest BCUT2D eigenvalue weighted by Gasteiger charge is -2.41. The number of aliphatic hydroxyl groups excluding tert-OH is 8. The first-order valence-electron chi connectivity index (χ1n) is 8.28. The van der Waals surface area contributed by atoms with Crippen LogP contribution in [-0.2, 0) is 9.47 Å². The molecule has 26 heavy (non-hydrogen) atoms. The van der Waals surface area contributed by atoms with E-state index in [0.717, 1.165) is 4.90 Å². The fourth-order valence-corrected chi connectivity index (χ4v) is 3.95. The van der Waals surface area contributed by atoms with Crippen molar-refractivity contribution in [3.8, 4) is 0 Å². The molecule has 3 fully saturated rings. The van der Waals surface area contributed by atoms with Crippen LogP contribution in [0.5, 0.6) is 0 Å². The van der Waals surface area contributed by atoms with Crippen molar-refractivity contribution in [2.24, 2.45) is 0 Å². The second-order valence-electron chi connectivity index (χ2n) is 6.94. The van der Waals surface area contributed by atoms with Crippen LogP contribution in [0, 0.1) is 0 Å². The molecule has 0 amide bonds. The van der Waals surface area contributed by atoms with E-state index >= 15 is 0 Å². The largest absolute Gasteiger partial charge is 0.395 e. The minimum absolute atomic E-state index is 0.230. The Labute approximate surface area is 148 Å². The van der Waals surface area contributed by atoms with Gasteiger partial charge in [-0.1, -0.05) is 0 Å². The van der Waals surface area contributed by atoms with Gasteiger partial charge in [-0.2, -0.15) is 0 Å². The van der Waals surface area contributed by atoms with Crippen molar-refractivity contribution in [2.75, 3.05) is 19.8 Å². The van der Waals surface area contributed by atoms with Gasteiger partial charge in [-0.3, -0.25) is 4.90 Å². The molecular weight excluding hydrogens is 358 g/mol. The molecule has 0 radical (unpaired) electrons. The Morgan fingerprint density at radius 1 is 0.885 bits per heavy atom. The molecule has 0 aromatic rings. The lowest BCUT2D eigenvalue weighted by molar-refractivity contribution is -0.317. The molecule has 3 saturated heterocycles. The van der Waals surface area contributed by atoms with E-state index in [1.165, 1.54) is 0 Å². The third-order valence-corrected chi connectivity index (χ3v) is 5.52. The maximum Gasteiger partial charge on any atom is 0.187 e. The number of ether oxygens (including phenoxy) is 2. The standard InChI is InChI=1S/C14H25NO11/c16-2-4-7(18)12(23)14(24)11(22)5(1-15(4)14)25-13-10(21)9(20)8(19)6(3-17)26-13/h4-13,16-24H,1-3H2/t4-,5+,6?,7-,8-,9+,10?,11-,12+,13+,14+/m1/s1. The van der Waals surface area contributed by atoms with E-state index in [2.05, 4.69) is 0 Å². The molecule has 3 heterocycles. The predicted molar refractivity (Wildman–Crippen MR) is 79.2 cm³/mol. The Morgan fingerprint density at radius 2 is 1.54 bits per heavy atom. The molecule has 3 aliphatic rings. The fraction of sp³-hybridized carbons (Fsp3) is 1.00. The SMILES string of the molecule is OCC1O[C@H](O[C@H]2CN3[C@H](CO)[C@@H](O)[C@H](O)[C@@]3(O)[C@@H]2O)C(O)[C@@H](O)[C@@H]1O. The molecule has 2 unspecified atom stereocenters. The average molecular weight is 383 g/mol. The second-order valence-corrected chi connectivity index (χ2v) is 6.94. The molecule has 3 rings (SSSR count). The zero-order valence-electron chi connectivity index (χ0n) is 13.7. The van der Waals surface area contributed by atoms with Gasteiger partial charge >= 0.3 is 0 Å². The maximum absolute atomic E-state index is 10.6. The van der Waals surface area contributed by atoms with Crippen LogP contribution < -0.4 is 0 Å². The van der Waals surface area contributed by atoms with Gasteiger partial charge in [0.2, 0.25) is 0 Å². The molecule has 0 bridgehead atoms. The van der Waals surface area contributed by atoms with Crippen molar-refractivity contribution in [3.63, 3.8) is 0 Å². The van der Waals surface area contributed by atoms with Crippen molar-refractivity contribution >= 4 is 0 Å². The zero-order chi connectivity index (χ0) is 19.4. The van der Waals surface area contributed by atoms with Crippen molar-refractivity contribution < 1.29 is 55.4 Å². The molecule has 0 saturated carbocycles. The summed E-state index contributed by atoms with van der Waals surface area (Å²) in [6.45, 7) is -1.49. The normalized spacial score (nSPS) is 55.3. The van der Waals surface area contributed by atoms with E-state index in [9.17, 15) is 46.0 Å². The summed E-state index contributed by atoms with van der Waals surface area (Å²) in [5.41, 5.74) is -2.29. The predicted octanol–water partition coefficient (Wildman–Crippen LogP) is -6.37. The smallest absolute Gasteiger partial charge is 0.187 e. The van der Waals surface area contributed by atoms with Crippen molar-refractivity contribution in [3.05, 3.63) is 0 Å². The highest BCUT2D eigenvalue weighted by molar-refractivity contribution is 5.15. The summed E-state index contributed by atoms with van der Waals surface area (Å²) >= 11 is 0. The van der Waals surface area contributed by atoms with E-state index in [-0.39, 0.29) is 6.54 Å². The number of aliphatic hydroxyl groups is 9. The van der Waals surface area contributed by atoms with Crippen LogP contribution in [0.25, 0.3) is 0 Å². The number of hydrogen-bond donors (Lipinski definition) is 9. The summed E-state index contributed by atoms with van der Waals surface area (Å²) in [4.78, 5) is 1.10. The zero-order valence-corrected chi connectivity index (χ0v) is 13.7. The summed E-state index contributed by atoms with van der Waals surface area (Å²) in [6.07, 6.45) is -13.9. The number of rotatable bonds is 4. The van der Waals surface area contributed by atoms with Gasteiger partial charge in [0.25, 0.3) is 0 Å². The highest BCUT2D eigenvalue weighted by atomic mass is 16.7. The van der Waals surface area contributed by atoms with E-state index in [0.29, 0.717) is 0 Å². The maximum atomic E-state index is 10.6. The van der Waals surface area contributed by atoms with E-state index in [1.54, 1.807) is 0 Å². The third kappa shape index (κ3) is 2.78. The lowest BCUT2D eigenvalue weighted by atomic mass is 9.97. The minimum Gasteiger partial charge on any atom is -0.395 e. The van der Waals surface area contributed by atoms with Gasteiger partial charge in [-0.15, -0.1) is 0 Å². The molecule has 0 aromatic heterocycles. The first kappa shape index (κ1) is 20.3. The van der Waals surface area contributed by atoms with Crippen LogP contribution in [0.2, 0.25) is 0 Å². The molecule has 9 N–H and O–H groups in total. The van der Waals surface area contributed by atoms with Crippen LogP contribution in [0.15, 0.2) is 0 Å². The topological polar surface area (TPSA) is 204 Å². The van der Waals surface area contributed by atoms with Crippen molar-refractivity contribution in [2.45, 2.75) is 66.9 Å². The Balaban J connectivity index is 1.76. The monoisotopic (exact) mass is 383 g/mol. The highest BCUT2D eigenvalue weighted by Gasteiger charge is 2.67. The van der Waals surface area contributed by atoms with Crippen LogP contribution in [0.1, 0.15) is 0 Å². The van der Waals surface area contributed by atoms with Gasteiger partial charge in [-0.25, -0.2) is 0 Å². The Kier molecular flexibility index (Phi) is 5.58. The van der Waals surface area contributed by atoms with Crippen LogP contribution in [-0.4, -0.2) is 138 Å². The van der Waals surface area contributed by atoms with Gasteiger partial charge < -0.3 is 55.4 Å². The van der Waals surface area contributed by atoms with Crippen LogP contribution >= 0.6 is 0 Å². The van der Waals surface area contributed by atoms with E-state index in [1.807, 2.05) is 0 Å². The van der Waals surface area contributed by atoms with Crippen LogP contribution in [0.3, 0.4) is 0 Å². The molecule has 152 valence electrons. The average Bonchev–Trinajstić information content (AvgIpc) is 2.97. The summed E-state index contributed by atoms with van der Waals surface area (Å²) in [7, 11) is 0. The quantitative estimate of drug-likeness (QED) is 0.222. The molecule has 3 aliphatic heterocycles. The Hall–Kier alpha value is -0.480. The first-order chi connectivity index (χ1) is 12.2. The summed E-state index contributed by atoms with van der Waals surface area (Å²) in [6, 6.07) is -1.05. The molecule has 0 aliphatic carbocycles. The Bertz CT molecular complexity index is 507. The summed E-state index contributed by atoms with van der Waals surface area (Å²) in [5, 5.41) is 89.1. The molecule has 0 spiro atoms. The van der Waals surface area contributed by atoms with Crippen molar-refractivity contribution in [1.29, 1.82) is 0 Å². The van der Waals surface area contributed by atoms with Gasteiger partial charge in [0.15, 0.2) is 12.0 Å². The van der Waals surface area contributed by atoms with Gasteiger partial charge in [0.05, 0.1) is 19.3 Å². The van der Waals surface area contributed by atoms with E-state index < -0.39 is 80.1 Å². The molecular formula is C14H25NO11. The molecule has 12 nitrogen and oxygen atoms in total. The minimum atomic E-state index is -2.29. The van der Waals surface area contributed by atoms with Gasteiger partial charge in [-0.05, 0) is 0 Å². The fourth-order valence-electron chi connectivity index (χ4n) is 3.95. The number of nitrogens with zero attached hydrogens (tertiary/aromatic N) is 1. The number of hydrogen-bond acceptors (Lipinski definition) is 12. The van der Waals surface area contributed by atoms with Crippen LogP contribution in [0.4, 0.5) is 0 Å². The lowest BCUT2D eigenvalue weighted by Crippen LogP contribution is -2.61. The van der Waals surface area contributed by atoms with E-state index in [4.69, 9.17) is 9.47 Å². The summed E-state index contributed by atoms with van der Waals surface area (Å²) in [5.74, 6) is 0. The van der Waals surface area contributed by atoms with Gasteiger partial charge in [0, 0.05) is 6.54 Å². The number of fused-ring (bicyclic) bond motifs is 1. The molecule has 12 heteroatoms. The summed E-state index contributed by atoms with van der Waals surface area (Å²) < 4.78 is 10.6. The highest BCUT2D eigenvalue weighted by Crippen LogP contribution is 2.42. The first-order valence-corrected chi connectivity index (χ1v) is 8.28. The molecule has 11 atom stereocenters. The van der Waals surface area contributed by atoms with Gasteiger partial charge in [0.1, 0.15) is 48.8 Å². The third-order valence-electron chi connectivity index (χ3n) is 5.52. The molecule has 0 aromatic carbocycles. The second kappa shape index (κ2) is 7.16. The Morgan fingerprint density at radius 3 is 2.12 bits per heavy atom.